The molecule has 1 saturated heterocycles. The number of benzene rings is 3. The lowest BCUT2D eigenvalue weighted by molar-refractivity contribution is 0.0718. The Balaban J connectivity index is 1.96. The van der Waals surface area contributed by atoms with E-state index in [1.54, 1.807) is 7.11 Å². The van der Waals surface area contributed by atoms with Gasteiger partial charge in [0.25, 0.3) is 5.91 Å². The highest BCUT2D eigenvalue weighted by atomic mass is 16.5. The molecule has 26 heavy (non-hydrogen) atoms. The number of nitrogens with zero attached hydrogens (tertiary/aromatic N) is 1. The van der Waals surface area contributed by atoms with E-state index in [2.05, 4.69) is 49.1 Å². The molecule has 2 heterocycles. The predicted octanol–water partition coefficient (Wildman–Crippen LogP) is 4.78. The van der Waals surface area contributed by atoms with Gasteiger partial charge < -0.3 is 9.64 Å². The summed E-state index contributed by atoms with van der Waals surface area (Å²) in [5, 5.41) is 4.69. The maximum Gasteiger partial charge on any atom is 0.255 e. The van der Waals surface area contributed by atoms with Crippen LogP contribution in [0.4, 0.5) is 0 Å². The van der Waals surface area contributed by atoms with E-state index in [9.17, 15) is 4.79 Å². The number of hydrogen-bond donors (Lipinski definition) is 0. The molecule has 3 aromatic rings. The molecule has 1 amide bonds. The molecular weight excluding hydrogens is 322 g/mol. The molecule has 5 rings (SSSR count). The van der Waals surface area contributed by atoms with Crippen LogP contribution in [-0.2, 0) is 6.42 Å². The highest BCUT2D eigenvalue weighted by molar-refractivity contribution is 6.20. The number of amides is 1. The van der Waals surface area contributed by atoms with Gasteiger partial charge in [0, 0.05) is 12.6 Å². The molecule has 0 radical (unpaired) electrons. The zero-order valence-corrected chi connectivity index (χ0v) is 15.6. The van der Waals surface area contributed by atoms with Gasteiger partial charge in [0.15, 0.2) is 0 Å². The van der Waals surface area contributed by atoms with Crippen molar-refractivity contribution in [1.82, 2.24) is 4.90 Å². The van der Waals surface area contributed by atoms with Gasteiger partial charge in [-0.05, 0) is 77.9 Å². The van der Waals surface area contributed by atoms with Gasteiger partial charge in [-0.2, -0.15) is 0 Å². The number of rotatable bonds is 1. The maximum absolute atomic E-state index is 13.4. The Morgan fingerprint density at radius 2 is 1.85 bits per heavy atom. The third kappa shape index (κ3) is 2.03. The number of methoxy groups -OCH3 is 1. The minimum absolute atomic E-state index is 0.201. The van der Waals surface area contributed by atoms with Crippen LogP contribution in [-0.4, -0.2) is 30.5 Å². The SMILES string of the molecule is COc1cc2c3c(c4ccc(C)cc4c2cc1C)CC1CCCN1C3=O. The van der Waals surface area contributed by atoms with Crippen LogP contribution in [0.15, 0.2) is 30.3 Å². The third-order valence-electron chi connectivity index (χ3n) is 6.19. The molecule has 1 atom stereocenters. The summed E-state index contributed by atoms with van der Waals surface area (Å²) in [4.78, 5) is 15.5. The second kappa shape index (κ2) is 5.47. The molecular formula is C23H23NO2. The number of hydrogen-bond acceptors (Lipinski definition) is 2. The summed E-state index contributed by atoms with van der Waals surface area (Å²) in [6.45, 7) is 5.09. The van der Waals surface area contributed by atoms with Crippen LogP contribution in [0.3, 0.4) is 0 Å². The van der Waals surface area contributed by atoms with E-state index in [0.717, 1.165) is 53.5 Å². The Morgan fingerprint density at radius 3 is 2.65 bits per heavy atom. The van der Waals surface area contributed by atoms with Crippen LogP contribution in [0.2, 0.25) is 0 Å². The molecule has 3 heteroatoms. The molecule has 3 nitrogen and oxygen atoms in total. The lowest BCUT2D eigenvalue weighted by Crippen LogP contribution is -2.41. The quantitative estimate of drug-likeness (QED) is 0.594. The molecule has 0 aromatic heterocycles. The van der Waals surface area contributed by atoms with Gasteiger partial charge in [0.1, 0.15) is 5.75 Å². The summed E-state index contributed by atoms with van der Waals surface area (Å²) in [5.41, 5.74) is 4.47. The minimum Gasteiger partial charge on any atom is -0.496 e. The summed E-state index contributed by atoms with van der Waals surface area (Å²) in [5.74, 6) is 1.05. The maximum atomic E-state index is 13.4. The Labute approximate surface area is 153 Å². The molecule has 0 saturated carbocycles. The van der Waals surface area contributed by atoms with E-state index in [0.29, 0.717) is 6.04 Å². The molecule has 0 spiro atoms. The van der Waals surface area contributed by atoms with Crippen molar-refractivity contribution in [2.24, 2.45) is 0 Å². The minimum atomic E-state index is 0.201. The standard InChI is InChI=1S/C23H23NO2/c1-13-6-7-16-17(9-13)18-10-14(2)21(26-3)12-20(18)22-19(16)11-15-5-4-8-24(15)23(22)25/h6-7,9-10,12,15H,4-5,8,11H2,1-3H3. The van der Waals surface area contributed by atoms with E-state index in [4.69, 9.17) is 4.74 Å². The number of fused-ring (bicyclic) bond motifs is 7. The topological polar surface area (TPSA) is 29.5 Å². The van der Waals surface area contributed by atoms with Crippen molar-refractivity contribution < 1.29 is 9.53 Å². The number of aryl methyl sites for hydroxylation is 2. The predicted molar refractivity (Wildman–Crippen MR) is 105 cm³/mol. The summed E-state index contributed by atoms with van der Waals surface area (Å²) in [6, 6.07) is 11.2. The first-order valence-electron chi connectivity index (χ1n) is 9.43. The van der Waals surface area contributed by atoms with Crippen molar-refractivity contribution >= 4 is 27.5 Å². The first kappa shape index (κ1) is 15.7. The fourth-order valence-corrected chi connectivity index (χ4v) is 4.93. The fraction of sp³-hybridized carbons (Fsp3) is 0.348. The van der Waals surface area contributed by atoms with Crippen molar-refractivity contribution in [3.8, 4) is 5.75 Å². The van der Waals surface area contributed by atoms with Crippen LogP contribution in [0.5, 0.6) is 5.75 Å². The van der Waals surface area contributed by atoms with Crippen LogP contribution >= 0.6 is 0 Å². The Bertz CT molecular complexity index is 1080. The third-order valence-corrected chi connectivity index (χ3v) is 6.19. The van der Waals surface area contributed by atoms with Crippen molar-refractivity contribution in [3.63, 3.8) is 0 Å². The number of carbonyl (C=O) groups excluding carboxylic acids is 1. The molecule has 0 N–H and O–H groups in total. The van der Waals surface area contributed by atoms with E-state index in [-0.39, 0.29) is 5.91 Å². The molecule has 1 unspecified atom stereocenters. The summed E-state index contributed by atoms with van der Waals surface area (Å²) < 4.78 is 5.58. The van der Waals surface area contributed by atoms with Crippen molar-refractivity contribution in [2.75, 3.05) is 13.7 Å². The average molecular weight is 345 g/mol. The number of carbonyl (C=O) groups is 1. The summed E-state index contributed by atoms with van der Waals surface area (Å²) in [7, 11) is 1.70. The summed E-state index contributed by atoms with van der Waals surface area (Å²) >= 11 is 0. The van der Waals surface area contributed by atoms with Gasteiger partial charge in [0.05, 0.1) is 12.7 Å². The van der Waals surface area contributed by atoms with Gasteiger partial charge >= 0.3 is 0 Å². The fourth-order valence-electron chi connectivity index (χ4n) is 4.93. The smallest absolute Gasteiger partial charge is 0.255 e. The normalized spacial score (nSPS) is 19.1. The highest BCUT2D eigenvalue weighted by Crippen LogP contribution is 2.41. The molecule has 3 aromatic carbocycles. The van der Waals surface area contributed by atoms with Gasteiger partial charge in [0.2, 0.25) is 0 Å². The lowest BCUT2D eigenvalue weighted by Gasteiger charge is -2.33. The van der Waals surface area contributed by atoms with Gasteiger partial charge in [-0.3, -0.25) is 4.79 Å². The Morgan fingerprint density at radius 1 is 1.04 bits per heavy atom. The van der Waals surface area contributed by atoms with E-state index >= 15 is 0 Å². The molecule has 2 aliphatic rings. The largest absolute Gasteiger partial charge is 0.496 e. The van der Waals surface area contributed by atoms with Crippen molar-refractivity contribution in [1.29, 1.82) is 0 Å². The summed E-state index contributed by atoms with van der Waals surface area (Å²) in [6.07, 6.45) is 3.20. The highest BCUT2D eigenvalue weighted by Gasteiger charge is 2.37. The molecule has 132 valence electrons. The molecule has 0 aliphatic carbocycles. The second-order valence-electron chi connectivity index (χ2n) is 7.77. The van der Waals surface area contributed by atoms with Gasteiger partial charge in [-0.1, -0.05) is 23.8 Å². The zero-order chi connectivity index (χ0) is 18.0. The monoisotopic (exact) mass is 345 g/mol. The van der Waals surface area contributed by atoms with Gasteiger partial charge in [-0.25, -0.2) is 0 Å². The van der Waals surface area contributed by atoms with Crippen molar-refractivity contribution in [3.05, 3.63) is 52.6 Å². The van der Waals surface area contributed by atoms with Crippen molar-refractivity contribution in [2.45, 2.75) is 39.2 Å². The van der Waals surface area contributed by atoms with Crippen LogP contribution in [0.25, 0.3) is 21.5 Å². The first-order valence-corrected chi connectivity index (χ1v) is 9.43. The number of ether oxygens (including phenoxy) is 1. The van der Waals surface area contributed by atoms with E-state index < -0.39 is 0 Å². The van der Waals surface area contributed by atoms with Crippen LogP contribution < -0.4 is 4.74 Å². The van der Waals surface area contributed by atoms with E-state index in [1.165, 1.54) is 21.9 Å². The average Bonchev–Trinajstić information content (AvgIpc) is 3.10. The second-order valence-corrected chi connectivity index (χ2v) is 7.77. The lowest BCUT2D eigenvalue weighted by atomic mass is 9.84. The Kier molecular flexibility index (Phi) is 3.30. The first-order chi connectivity index (χ1) is 12.6. The van der Waals surface area contributed by atoms with Crippen LogP contribution in [0.1, 0.15) is 39.9 Å². The van der Waals surface area contributed by atoms with E-state index in [1.807, 2.05) is 0 Å². The zero-order valence-electron chi connectivity index (χ0n) is 15.6. The molecule has 1 fully saturated rings. The van der Waals surface area contributed by atoms with Crippen LogP contribution in [0, 0.1) is 13.8 Å². The Hall–Kier alpha value is -2.55. The molecule has 0 bridgehead atoms. The molecule has 2 aliphatic heterocycles. The van der Waals surface area contributed by atoms with Gasteiger partial charge in [-0.15, -0.1) is 0 Å².